The van der Waals surface area contributed by atoms with Gasteiger partial charge in [-0.05, 0) is 20.4 Å². The topological polar surface area (TPSA) is 51.8 Å². The van der Waals surface area contributed by atoms with Crippen molar-refractivity contribution in [3.05, 3.63) is 16.5 Å². The average Bonchev–Trinajstić information content (AvgIpc) is 2.97. The van der Waals surface area contributed by atoms with E-state index >= 15 is 0 Å². The maximum atomic E-state index is 6.50. The van der Waals surface area contributed by atoms with E-state index in [4.69, 9.17) is 11.6 Å². The molecule has 3 rings (SSSR count). The van der Waals surface area contributed by atoms with Crippen molar-refractivity contribution in [2.45, 2.75) is 54.1 Å². The molecule has 1 aliphatic rings. The summed E-state index contributed by atoms with van der Waals surface area (Å²) in [4.78, 5) is 2.26. The minimum atomic E-state index is 0.698. The summed E-state index contributed by atoms with van der Waals surface area (Å²) in [5.74, 6) is 1.58. The molecule has 0 aliphatic carbocycles. The Kier molecular flexibility index (Phi) is 7.72. The first kappa shape index (κ1) is 19.6. The number of fused-ring (bicyclic) bond motifs is 1. The van der Waals surface area contributed by atoms with Gasteiger partial charge in [0.15, 0.2) is 5.82 Å². The van der Waals surface area contributed by atoms with Gasteiger partial charge in [0.2, 0.25) is 0 Å². The standard InChI is InChI=1S/C12H17ClN6.2C2H6/c1-8-14-15-12(18(8)3)11-10(13)9-7-17(2)5-4-6-19(9)16-11;2*1-2/h4-7H2,1-3H3;2*1-2H3. The fourth-order valence-corrected chi connectivity index (χ4v) is 2.67. The first-order chi connectivity index (χ1) is 11.1. The molecule has 0 saturated carbocycles. The molecule has 0 aromatic carbocycles. The van der Waals surface area contributed by atoms with Gasteiger partial charge in [0.1, 0.15) is 11.5 Å². The second kappa shape index (κ2) is 9.03. The lowest BCUT2D eigenvalue weighted by Gasteiger charge is -2.11. The largest absolute Gasteiger partial charge is 0.313 e. The lowest BCUT2D eigenvalue weighted by molar-refractivity contribution is 0.332. The Morgan fingerprint density at radius 1 is 1.00 bits per heavy atom. The van der Waals surface area contributed by atoms with Crippen LogP contribution >= 0.6 is 11.6 Å². The lowest BCUT2D eigenvalue weighted by atomic mass is 10.3. The minimum absolute atomic E-state index is 0.698. The zero-order valence-corrected chi connectivity index (χ0v) is 16.1. The normalized spacial score (nSPS) is 14.1. The molecule has 0 unspecified atom stereocenters. The van der Waals surface area contributed by atoms with Crippen molar-refractivity contribution in [3.8, 4) is 11.5 Å². The second-order valence-electron chi connectivity index (χ2n) is 5.05. The van der Waals surface area contributed by atoms with Crippen molar-refractivity contribution < 1.29 is 0 Å². The number of halogens is 1. The number of hydrogen-bond acceptors (Lipinski definition) is 4. The minimum Gasteiger partial charge on any atom is -0.313 e. The quantitative estimate of drug-likeness (QED) is 0.797. The Morgan fingerprint density at radius 2 is 1.65 bits per heavy atom. The van der Waals surface area contributed by atoms with Crippen LogP contribution in [0.15, 0.2) is 0 Å². The molecule has 0 spiro atoms. The number of hydrogen-bond donors (Lipinski definition) is 0. The summed E-state index contributed by atoms with van der Waals surface area (Å²) >= 11 is 6.50. The SMILES string of the molecule is CC.CC.Cc1nnc(-c2nn3c(c2Cl)CN(C)CCC3)n1C. The summed E-state index contributed by atoms with van der Waals surface area (Å²) in [6, 6.07) is 0. The number of aromatic nitrogens is 5. The van der Waals surface area contributed by atoms with Gasteiger partial charge in [-0.15, -0.1) is 10.2 Å². The third-order valence-corrected chi connectivity index (χ3v) is 4.02. The monoisotopic (exact) mass is 340 g/mol. The van der Waals surface area contributed by atoms with E-state index in [1.807, 2.05) is 50.9 Å². The highest BCUT2D eigenvalue weighted by Crippen LogP contribution is 2.30. The van der Waals surface area contributed by atoms with Crippen LogP contribution in [-0.2, 0) is 20.1 Å². The van der Waals surface area contributed by atoms with E-state index in [1.165, 1.54) is 0 Å². The Bertz CT molecular complexity index is 616. The van der Waals surface area contributed by atoms with Crippen LogP contribution < -0.4 is 0 Å². The zero-order valence-electron chi connectivity index (χ0n) is 15.4. The second-order valence-corrected chi connectivity index (χ2v) is 5.43. The van der Waals surface area contributed by atoms with E-state index in [0.717, 1.165) is 49.1 Å². The Hall–Kier alpha value is -1.40. The molecule has 3 heterocycles. The van der Waals surface area contributed by atoms with Gasteiger partial charge in [-0.1, -0.05) is 39.3 Å². The highest BCUT2D eigenvalue weighted by molar-refractivity contribution is 6.33. The molecule has 2 aromatic rings. The molecule has 0 N–H and O–H groups in total. The van der Waals surface area contributed by atoms with E-state index in [9.17, 15) is 0 Å². The number of aryl methyl sites for hydroxylation is 2. The van der Waals surface area contributed by atoms with E-state index < -0.39 is 0 Å². The maximum absolute atomic E-state index is 6.50. The number of rotatable bonds is 1. The first-order valence-electron chi connectivity index (χ1n) is 8.38. The molecule has 0 bridgehead atoms. The van der Waals surface area contributed by atoms with Crippen LogP contribution in [0.1, 0.15) is 45.6 Å². The van der Waals surface area contributed by atoms with E-state index in [0.29, 0.717) is 5.02 Å². The maximum Gasteiger partial charge on any atom is 0.185 e. The molecule has 0 atom stereocenters. The predicted molar refractivity (Wildman–Crippen MR) is 95.6 cm³/mol. The molecule has 0 fully saturated rings. The molecular weight excluding hydrogens is 312 g/mol. The van der Waals surface area contributed by atoms with Crippen molar-refractivity contribution in [2.24, 2.45) is 7.05 Å². The zero-order chi connectivity index (χ0) is 17.6. The van der Waals surface area contributed by atoms with Crippen LogP contribution in [0.2, 0.25) is 5.02 Å². The Labute approximate surface area is 144 Å². The molecule has 23 heavy (non-hydrogen) atoms. The average molecular weight is 341 g/mol. The van der Waals surface area contributed by atoms with Gasteiger partial charge in [0.05, 0.1) is 10.7 Å². The summed E-state index contributed by atoms with van der Waals surface area (Å²) in [6.07, 6.45) is 1.08. The van der Waals surface area contributed by atoms with Crippen LogP contribution in [0.4, 0.5) is 0 Å². The number of nitrogens with zero attached hydrogens (tertiary/aromatic N) is 6. The van der Waals surface area contributed by atoms with Gasteiger partial charge in [-0.3, -0.25) is 4.68 Å². The molecule has 7 heteroatoms. The van der Waals surface area contributed by atoms with Gasteiger partial charge in [-0.2, -0.15) is 5.10 Å². The first-order valence-corrected chi connectivity index (χ1v) is 8.76. The van der Waals surface area contributed by atoms with Crippen LogP contribution in [0.5, 0.6) is 0 Å². The fourth-order valence-electron chi connectivity index (χ4n) is 2.39. The summed E-state index contributed by atoms with van der Waals surface area (Å²) in [5, 5.41) is 13.6. The van der Waals surface area contributed by atoms with Gasteiger partial charge >= 0.3 is 0 Å². The molecule has 1 aliphatic heterocycles. The summed E-state index contributed by atoms with van der Waals surface area (Å²) < 4.78 is 3.92. The Balaban J connectivity index is 0.000000615. The summed E-state index contributed by atoms with van der Waals surface area (Å²) in [7, 11) is 4.03. The van der Waals surface area contributed by atoms with Crippen molar-refractivity contribution in [1.29, 1.82) is 0 Å². The molecule has 0 saturated heterocycles. The molecular formula is C16H29ClN6. The highest BCUT2D eigenvalue weighted by atomic mass is 35.5. The van der Waals surface area contributed by atoms with Crippen molar-refractivity contribution in [3.63, 3.8) is 0 Å². The molecule has 2 aromatic heterocycles. The third kappa shape index (κ3) is 4.12. The van der Waals surface area contributed by atoms with Crippen LogP contribution in [-0.4, -0.2) is 43.0 Å². The molecule has 130 valence electrons. The van der Waals surface area contributed by atoms with Gasteiger partial charge < -0.3 is 9.47 Å². The van der Waals surface area contributed by atoms with Gasteiger partial charge in [-0.25, -0.2) is 0 Å². The molecule has 0 radical (unpaired) electrons. The highest BCUT2D eigenvalue weighted by Gasteiger charge is 2.23. The summed E-state index contributed by atoms with van der Waals surface area (Å²) in [6.45, 7) is 12.7. The molecule has 0 amide bonds. The van der Waals surface area contributed by atoms with E-state index in [1.54, 1.807) is 0 Å². The van der Waals surface area contributed by atoms with Crippen molar-refractivity contribution in [1.82, 2.24) is 29.4 Å². The lowest BCUT2D eigenvalue weighted by Crippen LogP contribution is -2.17. The summed E-state index contributed by atoms with van der Waals surface area (Å²) in [5.41, 5.74) is 1.80. The smallest absolute Gasteiger partial charge is 0.185 e. The van der Waals surface area contributed by atoms with Gasteiger partial charge in [0, 0.05) is 26.7 Å². The van der Waals surface area contributed by atoms with Crippen LogP contribution in [0, 0.1) is 6.92 Å². The fraction of sp³-hybridized carbons (Fsp3) is 0.688. The Morgan fingerprint density at radius 3 is 2.22 bits per heavy atom. The molecule has 6 nitrogen and oxygen atoms in total. The van der Waals surface area contributed by atoms with Crippen LogP contribution in [0.25, 0.3) is 11.5 Å². The van der Waals surface area contributed by atoms with E-state index in [2.05, 4.69) is 27.2 Å². The van der Waals surface area contributed by atoms with Crippen LogP contribution in [0.3, 0.4) is 0 Å². The van der Waals surface area contributed by atoms with E-state index in [-0.39, 0.29) is 0 Å². The van der Waals surface area contributed by atoms with Gasteiger partial charge in [0.25, 0.3) is 0 Å². The van der Waals surface area contributed by atoms with Crippen molar-refractivity contribution in [2.75, 3.05) is 13.6 Å². The van der Waals surface area contributed by atoms with Crippen molar-refractivity contribution >= 4 is 11.6 Å². The predicted octanol–water partition coefficient (Wildman–Crippen LogP) is 3.53. The third-order valence-electron chi connectivity index (χ3n) is 3.63.